The summed E-state index contributed by atoms with van der Waals surface area (Å²) in [5.74, 6) is -1.19. The van der Waals surface area contributed by atoms with Gasteiger partial charge in [-0.15, -0.1) is 0 Å². The second-order valence-corrected chi connectivity index (χ2v) is 4.50. The Morgan fingerprint density at radius 2 is 2.00 bits per heavy atom. The number of anilines is 1. The van der Waals surface area contributed by atoms with Crippen molar-refractivity contribution in [3.8, 4) is 0 Å². The van der Waals surface area contributed by atoms with Gasteiger partial charge in [0.05, 0.1) is 10.5 Å². The summed E-state index contributed by atoms with van der Waals surface area (Å²) in [4.78, 5) is 20.8. The van der Waals surface area contributed by atoms with E-state index in [0.29, 0.717) is 12.1 Å². The van der Waals surface area contributed by atoms with Crippen molar-refractivity contribution in [3.05, 3.63) is 33.9 Å². The zero-order chi connectivity index (χ0) is 15.1. The van der Waals surface area contributed by atoms with E-state index in [1.807, 2.05) is 0 Å². The summed E-state index contributed by atoms with van der Waals surface area (Å²) in [5.41, 5.74) is -3.50. The van der Waals surface area contributed by atoms with E-state index in [1.165, 1.54) is 0 Å². The molecule has 6 nitrogen and oxygen atoms in total. The average Bonchev–Trinajstić information content (AvgIpc) is 3.08. The number of carbonyl (C=O) groups is 1. The maximum atomic E-state index is 12.5. The van der Waals surface area contributed by atoms with E-state index in [9.17, 15) is 28.1 Å². The minimum absolute atomic E-state index is 0.233. The SMILES string of the molecule is O=C(O)C1(Nc2ccc(C(F)(F)F)cc2[N+](=O)[O-])CC1. The van der Waals surface area contributed by atoms with E-state index in [0.717, 1.165) is 6.07 Å². The van der Waals surface area contributed by atoms with Gasteiger partial charge in [-0.25, -0.2) is 4.79 Å². The Hall–Kier alpha value is -2.32. The second kappa shape index (κ2) is 4.36. The van der Waals surface area contributed by atoms with Gasteiger partial charge in [-0.1, -0.05) is 0 Å². The summed E-state index contributed by atoms with van der Waals surface area (Å²) in [7, 11) is 0. The van der Waals surface area contributed by atoms with Crippen molar-refractivity contribution >= 4 is 17.3 Å². The molecule has 1 aliphatic rings. The van der Waals surface area contributed by atoms with Crippen LogP contribution in [-0.2, 0) is 11.0 Å². The largest absolute Gasteiger partial charge is 0.480 e. The second-order valence-electron chi connectivity index (χ2n) is 4.50. The summed E-state index contributed by atoms with van der Waals surface area (Å²) in [5, 5.41) is 22.2. The van der Waals surface area contributed by atoms with Gasteiger partial charge < -0.3 is 10.4 Å². The highest BCUT2D eigenvalue weighted by Gasteiger charge is 2.51. The van der Waals surface area contributed by atoms with Gasteiger partial charge >= 0.3 is 12.1 Å². The van der Waals surface area contributed by atoms with Crippen LogP contribution in [0.5, 0.6) is 0 Å². The fraction of sp³-hybridized carbons (Fsp3) is 0.364. The van der Waals surface area contributed by atoms with Gasteiger partial charge in [0.25, 0.3) is 5.69 Å². The van der Waals surface area contributed by atoms with Gasteiger partial charge in [0.15, 0.2) is 0 Å². The number of alkyl halides is 3. The molecular weight excluding hydrogens is 281 g/mol. The monoisotopic (exact) mass is 290 g/mol. The van der Waals surface area contributed by atoms with Crippen LogP contribution in [-0.4, -0.2) is 21.5 Å². The lowest BCUT2D eigenvalue weighted by Crippen LogP contribution is -2.31. The van der Waals surface area contributed by atoms with Gasteiger partial charge in [-0.05, 0) is 25.0 Å². The van der Waals surface area contributed by atoms with Crippen LogP contribution in [0.1, 0.15) is 18.4 Å². The number of nitrogens with zero attached hydrogens (tertiary/aromatic N) is 1. The van der Waals surface area contributed by atoms with Crippen molar-refractivity contribution in [1.29, 1.82) is 0 Å². The van der Waals surface area contributed by atoms with E-state index < -0.39 is 33.9 Å². The number of carboxylic acids is 1. The van der Waals surface area contributed by atoms with E-state index in [1.54, 1.807) is 0 Å². The van der Waals surface area contributed by atoms with Crippen LogP contribution in [0.3, 0.4) is 0 Å². The Kier molecular flexibility index (Phi) is 3.07. The van der Waals surface area contributed by atoms with E-state index in [4.69, 9.17) is 5.11 Å². The first-order chi connectivity index (χ1) is 9.16. The normalized spacial score (nSPS) is 16.6. The predicted octanol–water partition coefficient (Wildman–Crippen LogP) is 2.64. The maximum absolute atomic E-state index is 12.5. The molecule has 2 rings (SSSR count). The lowest BCUT2D eigenvalue weighted by atomic mass is 10.1. The standard InChI is InChI=1S/C11H9F3N2O4/c12-11(13,14)6-1-2-7(8(5-6)16(19)20)15-10(3-4-10)9(17)18/h1-2,5,15H,3-4H2,(H,17,18). The first-order valence-electron chi connectivity index (χ1n) is 5.53. The topological polar surface area (TPSA) is 92.5 Å². The van der Waals surface area contributed by atoms with Crippen LogP contribution in [0.15, 0.2) is 18.2 Å². The number of hydrogen-bond donors (Lipinski definition) is 2. The fourth-order valence-corrected chi connectivity index (χ4v) is 1.74. The van der Waals surface area contributed by atoms with Crippen LogP contribution in [0.4, 0.5) is 24.5 Å². The molecule has 2 N–H and O–H groups in total. The number of rotatable bonds is 4. The van der Waals surface area contributed by atoms with Crippen LogP contribution in [0.25, 0.3) is 0 Å². The Bertz CT molecular complexity index is 582. The predicted molar refractivity (Wildman–Crippen MR) is 61.3 cm³/mol. The Labute approximate surface area is 110 Å². The van der Waals surface area contributed by atoms with Crippen LogP contribution in [0, 0.1) is 10.1 Å². The molecule has 1 fully saturated rings. The lowest BCUT2D eigenvalue weighted by molar-refractivity contribution is -0.384. The molecule has 0 atom stereocenters. The van der Waals surface area contributed by atoms with Gasteiger partial charge in [0, 0.05) is 6.07 Å². The molecule has 0 aromatic heterocycles. The Balaban J connectivity index is 2.39. The van der Waals surface area contributed by atoms with Crippen LogP contribution in [0.2, 0.25) is 0 Å². The highest BCUT2D eigenvalue weighted by Crippen LogP contribution is 2.42. The molecule has 9 heteroatoms. The molecule has 0 aliphatic heterocycles. The summed E-state index contributed by atoms with van der Waals surface area (Å²) in [6.45, 7) is 0. The summed E-state index contributed by atoms with van der Waals surface area (Å²) < 4.78 is 37.5. The number of halogens is 3. The van der Waals surface area contributed by atoms with Crippen LogP contribution < -0.4 is 5.32 Å². The number of benzene rings is 1. The van der Waals surface area contributed by atoms with Crippen LogP contribution >= 0.6 is 0 Å². The molecule has 20 heavy (non-hydrogen) atoms. The van der Waals surface area contributed by atoms with E-state index in [-0.39, 0.29) is 18.5 Å². The smallest absolute Gasteiger partial charge is 0.416 e. The molecule has 1 saturated carbocycles. The maximum Gasteiger partial charge on any atom is 0.416 e. The third kappa shape index (κ3) is 2.51. The zero-order valence-electron chi connectivity index (χ0n) is 9.90. The Morgan fingerprint density at radius 3 is 2.40 bits per heavy atom. The molecule has 108 valence electrons. The summed E-state index contributed by atoms with van der Waals surface area (Å²) in [6, 6.07) is 1.94. The number of hydrogen-bond acceptors (Lipinski definition) is 4. The Morgan fingerprint density at radius 1 is 1.40 bits per heavy atom. The van der Waals surface area contributed by atoms with Crippen molar-refractivity contribution in [2.24, 2.45) is 0 Å². The number of nitrogens with one attached hydrogen (secondary N) is 1. The third-order valence-electron chi connectivity index (χ3n) is 3.06. The van der Waals surface area contributed by atoms with Crippen molar-refractivity contribution in [3.63, 3.8) is 0 Å². The molecule has 0 amide bonds. The molecule has 1 aromatic carbocycles. The van der Waals surface area contributed by atoms with Crippen molar-refractivity contribution in [2.75, 3.05) is 5.32 Å². The molecule has 1 aliphatic carbocycles. The fourth-order valence-electron chi connectivity index (χ4n) is 1.74. The van der Waals surface area contributed by atoms with Gasteiger partial charge in [0.2, 0.25) is 0 Å². The van der Waals surface area contributed by atoms with Crippen molar-refractivity contribution < 1.29 is 28.0 Å². The van der Waals surface area contributed by atoms with Crippen molar-refractivity contribution in [2.45, 2.75) is 24.6 Å². The number of nitro benzene ring substituents is 1. The first-order valence-corrected chi connectivity index (χ1v) is 5.53. The van der Waals surface area contributed by atoms with Gasteiger partial charge in [-0.2, -0.15) is 13.2 Å². The lowest BCUT2D eigenvalue weighted by Gasteiger charge is -2.15. The molecule has 0 spiro atoms. The highest BCUT2D eigenvalue weighted by molar-refractivity contribution is 5.87. The molecule has 1 aromatic rings. The number of nitro groups is 1. The minimum atomic E-state index is -4.70. The van der Waals surface area contributed by atoms with Crippen molar-refractivity contribution in [1.82, 2.24) is 0 Å². The van der Waals surface area contributed by atoms with E-state index in [2.05, 4.69) is 5.32 Å². The highest BCUT2D eigenvalue weighted by atomic mass is 19.4. The number of carboxylic acid groups (broad SMARTS) is 1. The van der Waals surface area contributed by atoms with E-state index >= 15 is 0 Å². The third-order valence-corrected chi connectivity index (χ3v) is 3.06. The summed E-state index contributed by atoms with van der Waals surface area (Å²) in [6.07, 6.45) is -4.17. The number of aliphatic carboxylic acids is 1. The minimum Gasteiger partial charge on any atom is -0.480 e. The van der Waals surface area contributed by atoms with Gasteiger partial charge in [0.1, 0.15) is 11.2 Å². The first kappa shape index (κ1) is 14.1. The average molecular weight is 290 g/mol. The van der Waals surface area contributed by atoms with Gasteiger partial charge in [-0.3, -0.25) is 10.1 Å². The molecule has 0 saturated heterocycles. The molecule has 0 heterocycles. The molecule has 0 bridgehead atoms. The molecule has 0 radical (unpaired) electrons. The molecule has 0 unspecified atom stereocenters. The molecular formula is C11H9F3N2O4. The quantitative estimate of drug-likeness (QED) is 0.657. The summed E-state index contributed by atoms with van der Waals surface area (Å²) >= 11 is 0. The zero-order valence-corrected chi connectivity index (χ0v) is 9.90.